The summed E-state index contributed by atoms with van der Waals surface area (Å²) in [6.45, 7) is 4.24. The maximum absolute atomic E-state index is 11.8. The molecule has 0 saturated carbocycles. The lowest BCUT2D eigenvalue weighted by atomic mass is 10.0. The summed E-state index contributed by atoms with van der Waals surface area (Å²) in [6, 6.07) is 5.60. The van der Waals surface area contributed by atoms with Gasteiger partial charge in [0.25, 0.3) is 0 Å². The maximum atomic E-state index is 11.8. The Balaban J connectivity index is 2.52. The van der Waals surface area contributed by atoms with Crippen molar-refractivity contribution in [2.75, 3.05) is 20.8 Å². The van der Waals surface area contributed by atoms with E-state index in [4.69, 9.17) is 15.2 Å². The van der Waals surface area contributed by atoms with Crippen LogP contribution in [0.2, 0.25) is 0 Å². The van der Waals surface area contributed by atoms with Crippen molar-refractivity contribution in [2.24, 2.45) is 11.7 Å². The standard InChI is InChI=1S/C15H24N2O3/c1-10(11(2)16)15(18)17-8-7-12-5-6-13(19-3)14(9-12)20-4/h5-6,9-11H,7-8,16H2,1-4H3,(H,17,18). The van der Waals surface area contributed by atoms with E-state index in [0.717, 1.165) is 12.0 Å². The highest BCUT2D eigenvalue weighted by Crippen LogP contribution is 2.27. The van der Waals surface area contributed by atoms with Crippen LogP contribution in [0.1, 0.15) is 19.4 Å². The Labute approximate surface area is 120 Å². The summed E-state index contributed by atoms with van der Waals surface area (Å²) >= 11 is 0. The van der Waals surface area contributed by atoms with Crippen molar-refractivity contribution in [1.29, 1.82) is 0 Å². The first-order valence-corrected chi connectivity index (χ1v) is 6.73. The molecule has 0 heterocycles. The normalized spacial score (nSPS) is 13.4. The van der Waals surface area contributed by atoms with E-state index in [0.29, 0.717) is 18.0 Å². The molecule has 0 aliphatic rings. The Hall–Kier alpha value is -1.75. The summed E-state index contributed by atoms with van der Waals surface area (Å²) in [5, 5.41) is 2.89. The number of carbonyl (C=O) groups excluding carboxylic acids is 1. The molecule has 0 aromatic heterocycles. The van der Waals surface area contributed by atoms with E-state index in [2.05, 4.69) is 5.32 Å². The zero-order valence-corrected chi connectivity index (χ0v) is 12.6. The summed E-state index contributed by atoms with van der Waals surface area (Å²) in [5.74, 6) is 1.20. The molecule has 2 unspecified atom stereocenters. The Morgan fingerprint density at radius 3 is 2.45 bits per heavy atom. The highest BCUT2D eigenvalue weighted by Gasteiger charge is 2.16. The van der Waals surface area contributed by atoms with Gasteiger partial charge < -0.3 is 20.5 Å². The SMILES string of the molecule is COc1ccc(CCNC(=O)C(C)C(C)N)cc1OC. The van der Waals surface area contributed by atoms with Crippen molar-refractivity contribution in [3.63, 3.8) is 0 Å². The van der Waals surface area contributed by atoms with Gasteiger partial charge in [-0.1, -0.05) is 13.0 Å². The predicted molar refractivity (Wildman–Crippen MR) is 79.1 cm³/mol. The minimum Gasteiger partial charge on any atom is -0.493 e. The van der Waals surface area contributed by atoms with Gasteiger partial charge in [-0.05, 0) is 31.0 Å². The minimum absolute atomic E-state index is 0.0134. The molecule has 5 heteroatoms. The molecular formula is C15H24N2O3. The zero-order chi connectivity index (χ0) is 15.1. The highest BCUT2D eigenvalue weighted by atomic mass is 16.5. The van der Waals surface area contributed by atoms with Gasteiger partial charge in [-0.3, -0.25) is 4.79 Å². The largest absolute Gasteiger partial charge is 0.493 e. The number of hydrogen-bond donors (Lipinski definition) is 2. The molecule has 1 amide bonds. The van der Waals surface area contributed by atoms with Gasteiger partial charge >= 0.3 is 0 Å². The lowest BCUT2D eigenvalue weighted by Gasteiger charge is -2.15. The van der Waals surface area contributed by atoms with E-state index >= 15 is 0 Å². The van der Waals surface area contributed by atoms with Crippen LogP contribution in [0.15, 0.2) is 18.2 Å². The molecule has 0 bridgehead atoms. The van der Waals surface area contributed by atoms with E-state index in [1.807, 2.05) is 32.0 Å². The Kier molecular flexibility index (Phi) is 6.31. The summed E-state index contributed by atoms with van der Waals surface area (Å²) in [7, 11) is 3.21. The van der Waals surface area contributed by atoms with Crippen LogP contribution in [0.4, 0.5) is 0 Å². The second-order valence-corrected chi connectivity index (χ2v) is 4.88. The average Bonchev–Trinajstić information content (AvgIpc) is 2.45. The first-order valence-electron chi connectivity index (χ1n) is 6.73. The number of nitrogens with one attached hydrogen (secondary N) is 1. The van der Waals surface area contributed by atoms with Crippen LogP contribution in [0.3, 0.4) is 0 Å². The summed E-state index contributed by atoms with van der Waals surface area (Å²) in [5.41, 5.74) is 6.78. The maximum Gasteiger partial charge on any atom is 0.224 e. The number of nitrogens with two attached hydrogens (primary N) is 1. The van der Waals surface area contributed by atoms with E-state index in [9.17, 15) is 4.79 Å². The van der Waals surface area contributed by atoms with Crippen LogP contribution < -0.4 is 20.5 Å². The third-order valence-corrected chi connectivity index (χ3v) is 3.36. The predicted octanol–water partition coefficient (Wildman–Crippen LogP) is 1.35. The van der Waals surface area contributed by atoms with Crippen molar-refractivity contribution in [2.45, 2.75) is 26.3 Å². The van der Waals surface area contributed by atoms with Crippen molar-refractivity contribution in [3.8, 4) is 11.5 Å². The summed E-state index contributed by atoms with van der Waals surface area (Å²) < 4.78 is 10.4. The average molecular weight is 280 g/mol. The molecule has 20 heavy (non-hydrogen) atoms. The van der Waals surface area contributed by atoms with Gasteiger partial charge in [0.15, 0.2) is 11.5 Å². The van der Waals surface area contributed by atoms with Crippen molar-refractivity contribution in [1.82, 2.24) is 5.32 Å². The number of hydrogen-bond acceptors (Lipinski definition) is 4. The second kappa shape index (κ2) is 7.75. The molecule has 2 atom stereocenters. The number of carbonyl (C=O) groups is 1. The Morgan fingerprint density at radius 1 is 1.25 bits per heavy atom. The van der Waals surface area contributed by atoms with Gasteiger partial charge in [0, 0.05) is 18.5 Å². The molecule has 112 valence electrons. The number of amides is 1. The fraction of sp³-hybridized carbons (Fsp3) is 0.533. The van der Waals surface area contributed by atoms with Crippen LogP contribution in [-0.4, -0.2) is 32.7 Å². The number of rotatable bonds is 7. The Bertz CT molecular complexity index is 447. The minimum atomic E-state index is -0.180. The molecule has 0 saturated heterocycles. The lowest BCUT2D eigenvalue weighted by molar-refractivity contribution is -0.124. The molecule has 0 fully saturated rings. The van der Waals surface area contributed by atoms with Gasteiger partial charge in [0.1, 0.15) is 0 Å². The van der Waals surface area contributed by atoms with Gasteiger partial charge in [-0.15, -0.1) is 0 Å². The van der Waals surface area contributed by atoms with Gasteiger partial charge in [-0.2, -0.15) is 0 Å². The summed E-state index contributed by atoms with van der Waals surface area (Å²) in [4.78, 5) is 11.8. The molecular weight excluding hydrogens is 256 g/mol. The molecule has 0 aliphatic heterocycles. The third kappa shape index (κ3) is 4.42. The van der Waals surface area contributed by atoms with Gasteiger partial charge in [0.2, 0.25) is 5.91 Å². The topological polar surface area (TPSA) is 73.6 Å². The molecule has 5 nitrogen and oxygen atoms in total. The first-order chi connectivity index (χ1) is 9.49. The van der Waals surface area contributed by atoms with Crippen LogP contribution in [0, 0.1) is 5.92 Å². The van der Waals surface area contributed by atoms with E-state index < -0.39 is 0 Å². The highest BCUT2D eigenvalue weighted by molar-refractivity contribution is 5.78. The molecule has 1 aromatic rings. The third-order valence-electron chi connectivity index (χ3n) is 3.36. The van der Waals surface area contributed by atoms with Crippen LogP contribution in [0.25, 0.3) is 0 Å². The van der Waals surface area contributed by atoms with Crippen LogP contribution in [0.5, 0.6) is 11.5 Å². The van der Waals surface area contributed by atoms with Crippen molar-refractivity contribution >= 4 is 5.91 Å². The number of ether oxygens (including phenoxy) is 2. The fourth-order valence-electron chi connectivity index (χ4n) is 1.77. The monoisotopic (exact) mass is 280 g/mol. The molecule has 3 N–H and O–H groups in total. The molecule has 0 spiro atoms. The second-order valence-electron chi connectivity index (χ2n) is 4.88. The number of benzene rings is 1. The molecule has 1 rings (SSSR count). The van der Waals surface area contributed by atoms with Gasteiger partial charge in [-0.25, -0.2) is 0 Å². The Morgan fingerprint density at radius 2 is 1.90 bits per heavy atom. The van der Waals surface area contributed by atoms with Gasteiger partial charge in [0.05, 0.1) is 14.2 Å². The van der Waals surface area contributed by atoms with E-state index in [-0.39, 0.29) is 17.9 Å². The fourth-order valence-corrected chi connectivity index (χ4v) is 1.77. The first kappa shape index (κ1) is 16.3. The summed E-state index contributed by atoms with van der Waals surface area (Å²) in [6.07, 6.45) is 0.734. The quantitative estimate of drug-likeness (QED) is 0.790. The van der Waals surface area contributed by atoms with Crippen molar-refractivity contribution < 1.29 is 14.3 Å². The van der Waals surface area contributed by atoms with Crippen molar-refractivity contribution in [3.05, 3.63) is 23.8 Å². The molecule has 1 aromatic carbocycles. The van der Waals surface area contributed by atoms with E-state index in [1.165, 1.54) is 0 Å². The zero-order valence-electron chi connectivity index (χ0n) is 12.6. The lowest BCUT2D eigenvalue weighted by Crippen LogP contribution is -2.39. The molecule has 0 aliphatic carbocycles. The number of methoxy groups -OCH3 is 2. The smallest absolute Gasteiger partial charge is 0.224 e. The van der Waals surface area contributed by atoms with E-state index in [1.54, 1.807) is 14.2 Å². The van der Waals surface area contributed by atoms with Crippen LogP contribution in [-0.2, 0) is 11.2 Å². The molecule has 0 radical (unpaired) electrons. The van der Waals surface area contributed by atoms with Crippen LogP contribution >= 0.6 is 0 Å².